The van der Waals surface area contributed by atoms with Gasteiger partial charge in [0.05, 0.1) is 11.0 Å². The van der Waals surface area contributed by atoms with Gasteiger partial charge in [0.1, 0.15) is 6.61 Å². The Balaban J connectivity index is 2.33. The Labute approximate surface area is 139 Å². The second kappa shape index (κ2) is 8.91. The van der Waals surface area contributed by atoms with E-state index in [1.807, 2.05) is 24.3 Å². The summed E-state index contributed by atoms with van der Waals surface area (Å²) in [5.41, 5.74) is 1.93. The minimum Gasteiger partial charge on any atom is -0.461 e. The predicted octanol–water partition coefficient (Wildman–Crippen LogP) is 3.15. The van der Waals surface area contributed by atoms with E-state index in [1.165, 1.54) is 0 Å². The lowest BCUT2D eigenvalue weighted by molar-refractivity contribution is -0.144. The molecule has 0 amide bonds. The number of carbonyl (C=O) groups excluding carboxylic acids is 1. The van der Waals surface area contributed by atoms with Crippen molar-refractivity contribution in [3.05, 3.63) is 29.8 Å². The SMILES string of the molecule is CC(C)Nc1ccc(COC(=O)CCCS(=O)(=O)C(C)C)cc1. The Morgan fingerprint density at radius 3 is 2.26 bits per heavy atom. The molecule has 0 heterocycles. The van der Waals surface area contributed by atoms with Crippen LogP contribution in [-0.2, 0) is 26.0 Å². The fourth-order valence-electron chi connectivity index (χ4n) is 1.92. The molecule has 0 aliphatic heterocycles. The fraction of sp³-hybridized carbons (Fsp3) is 0.588. The van der Waals surface area contributed by atoms with Gasteiger partial charge in [-0.25, -0.2) is 8.42 Å². The first kappa shape index (κ1) is 19.5. The van der Waals surface area contributed by atoms with E-state index in [-0.39, 0.29) is 24.7 Å². The molecule has 0 radical (unpaired) electrons. The zero-order valence-electron chi connectivity index (χ0n) is 14.3. The van der Waals surface area contributed by atoms with E-state index < -0.39 is 15.1 Å². The molecule has 0 unspecified atom stereocenters. The summed E-state index contributed by atoms with van der Waals surface area (Å²) in [6, 6.07) is 8.06. The van der Waals surface area contributed by atoms with Crippen molar-refractivity contribution in [2.24, 2.45) is 0 Å². The molecule has 0 fully saturated rings. The van der Waals surface area contributed by atoms with Crippen LogP contribution in [0.5, 0.6) is 0 Å². The van der Waals surface area contributed by atoms with Crippen LogP contribution in [0.1, 0.15) is 46.1 Å². The van der Waals surface area contributed by atoms with Crippen LogP contribution in [0.3, 0.4) is 0 Å². The lowest BCUT2D eigenvalue weighted by Crippen LogP contribution is -2.18. The van der Waals surface area contributed by atoms with Crippen LogP contribution in [0.25, 0.3) is 0 Å². The van der Waals surface area contributed by atoms with Crippen molar-refractivity contribution in [2.45, 2.75) is 58.4 Å². The average molecular weight is 341 g/mol. The normalized spacial score (nSPS) is 11.7. The van der Waals surface area contributed by atoms with Crippen molar-refractivity contribution in [3.63, 3.8) is 0 Å². The van der Waals surface area contributed by atoms with Gasteiger partial charge in [0.15, 0.2) is 9.84 Å². The van der Waals surface area contributed by atoms with Gasteiger partial charge in [-0.15, -0.1) is 0 Å². The first-order valence-electron chi connectivity index (χ1n) is 7.93. The van der Waals surface area contributed by atoms with Crippen LogP contribution in [0.2, 0.25) is 0 Å². The third-order valence-electron chi connectivity index (χ3n) is 3.34. The van der Waals surface area contributed by atoms with E-state index in [9.17, 15) is 13.2 Å². The van der Waals surface area contributed by atoms with Gasteiger partial charge >= 0.3 is 5.97 Å². The van der Waals surface area contributed by atoms with Crippen molar-refractivity contribution >= 4 is 21.5 Å². The molecule has 0 aromatic heterocycles. The van der Waals surface area contributed by atoms with Crippen molar-refractivity contribution < 1.29 is 17.9 Å². The van der Waals surface area contributed by atoms with Crippen molar-refractivity contribution in [1.29, 1.82) is 0 Å². The third kappa shape index (κ3) is 7.50. The number of hydrogen-bond donors (Lipinski definition) is 1. The molecular formula is C17H27NO4S. The molecule has 0 aliphatic carbocycles. The lowest BCUT2D eigenvalue weighted by Gasteiger charge is -2.11. The van der Waals surface area contributed by atoms with Crippen molar-refractivity contribution in [3.8, 4) is 0 Å². The zero-order chi connectivity index (χ0) is 17.5. The van der Waals surface area contributed by atoms with E-state index in [0.29, 0.717) is 12.5 Å². The highest BCUT2D eigenvalue weighted by Crippen LogP contribution is 2.12. The van der Waals surface area contributed by atoms with Gasteiger partial charge in [-0.3, -0.25) is 4.79 Å². The largest absolute Gasteiger partial charge is 0.461 e. The van der Waals surface area contributed by atoms with E-state index in [0.717, 1.165) is 11.3 Å². The summed E-state index contributed by atoms with van der Waals surface area (Å²) in [6.07, 6.45) is 0.426. The summed E-state index contributed by atoms with van der Waals surface area (Å²) in [4.78, 5) is 11.7. The summed E-state index contributed by atoms with van der Waals surface area (Å²) in [5.74, 6) is -0.344. The summed E-state index contributed by atoms with van der Waals surface area (Å²) < 4.78 is 28.5. The summed E-state index contributed by atoms with van der Waals surface area (Å²) in [7, 11) is -3.09. The maximum Gasteiger partial charge on any atom is 0.306 e. The molecule has 0 spiro atoms. The quantitative estimate of drug-likeness (QED) is 0.699. The van der Waals surface area contributed by atoms with Gasteiger partial charge in [-0.1, -0.05) is 12.1 Å². The number of anilines is 1. The van der Waals surface area contributed by atoms with Crippen LogP contribution in [-0.4, -0.2) is 31.4 Å². The van der Waals surface area contributed by atoms with E-state index in [4.69, 9.17) is 4.74 Å². The van der Waals surface area contributed by atoms with Crippen molar-refractivity contribution in [1.82, 2.24) is 0 Å². The number of rotatable bonds is 9. The van der Waals surface area contributed by atoms with Crippen LogP contribution in [0, 0.1) is 0 Å². The molecule has 1 rings (SSSR count). The van der Waals surface area contributed by atoms with Crippen LogP contribution < -0.4 is 5.32 Å². The molecule has 130 valence electrons. The predicted molar refractivity (Wildman–Crippen MR) is 93.2 cm³/mol. The van der Waals surface area contributed by atoms with E-state index in [1.54, 1.807) is 13.8 Å². The molecule has 0 saturated heterocycles. The van der Waals surface area contributed by atoms with Gasteiger partial charge in [0.2, 0.25) is 0 Å². The number of carbonyl (C=O) groups is 1. The second-order valence-corrected chi connectivity index (χ2v) is 8.85. The highest BCUT2D eigenvalue weighted by molar-refractivity contribution is 7.91. The molecule has 1 aromatic rings. The monoisotopic (exact) mass is 341 g/mol. The zero-order valence-corrected chi connectivity index (χ0v) is 15.2. The molecule has 23 heavy (non-hydrogen) atoms. The summed E-state index contributed by atoms with van der Waals surface area (Å²) in [6.45, 7) is 7.62. The first-order chi connectivity index (χ1) is 10.7. The maximum atomic E-state index is 11.7. The Hall–Kier alpha value is -1.56. The fourth-order valence-corrected chi connectivity index (χ4v) is 2.94. The number of nitrogens with one attached hydrogen (secondary N) is 1. The Morgan fingerprint density at radius 2 is 1.74 bits per heavy atom. The van der Waals surface area contributed by atoms with Gasteiger partial charge in [0, 0.05) is 18.2 Å². The molecule has 5 nitrogen and oxygen atoms in total. The average Bonchev–Trinajstić information content (AvgIpc) is 2.45. The molecule has 6 heteroatoms. The number of sulfone groups is 1. The van der Waals surface area contributed by atoms with Crippen LogP contribution in [0.15, 0.2) is 24.3 Å². The molecular weight excluding hydrogens is 314 g/mol. The molecule has 1 aromatic carbocycles. The highest BCUT2D eigenvalue weighted by Gasteiger charge is 2.16. The Bertz CT molecular complexity index is 592. The molecule has 0 saturated carbocycles. The minimum absolute atomic E-state index is 0.0232. The van der Waals surface area contributed by atoms with Crippen LogP contribution >= 0.6 is 0 Å². The minimum atomic E-state index is -3.09. The highest BCUT2D eigenvalue weighted by atomic mass is 32.2. The maximum absolute atomic E-state index is 11.7. The van der Waals surface area contributed by atoms with Gasteiger partial charge < -0.3 is 10.1 Å². The molecule has 0 bridgehead atoms. The summed E-state index contributed by atoms with van der Waals surface area (Å²) >= 11 is 0. The number of benzene rings is 1. The molecule has 1 N–H and O–H groups in total. The second-order valence-electron chi connectivity index (χ2n) is 6.18. The van der Waals surface area contributed by atoms with Crippen LogP contribution in [0.4, 0.5) is 5.69 Å². The third-order valence-corrected chi connectivity index (χ3v) is 5.63. The smallest absolute Gasteiger partial charge is 0.306 e. The van der Waals surface area contributed by atoms with E-state index in [2.05, 4.69) is 19.2 Å². The molecule has 0 aliphatic rings. The van der Waals surface area contributed by atoms with Gasteiger partial charge in [0.25, 0.3) is 0 Å². The number of esters is 1. The Morgan fingerprint density at radius 1 is 1.13 bits per heavy atom. The van der Waals surface area contributed by atoms with Gasteiger partial charge in [-0.05, 0) is 51.8 Å². The number of ether oxygens (including phenoxy) is 1. The van der Waals surface area contributed by atoms with E-state index >= 15 is 0 Å². The Kier molecular flexibility index (Phi) is 7.55. The van der Waals surface area contributed by atoms with Gasteiger partial charge in [-0.2, -0.15) is 0 Å². The van der Waals surface area contributed by atoms with Crippen molar-refractivity contribution in [2.75, 3.05) is 11.1 Å². The first-order valence-corrected chi connectivity index (χ1v) is 9.65. The summed E-state index contributed by atoms with van der Waals surface area (Å²) in [5, 5.41) is 2.88. The molecule has 0 atom stereocenters. The number of hydrogen-bond acceptors (Lipinski definition) is 5. The topological polar surface area (TPSA) is 72.5 Å². The lowest BCUT2D eigenvalue weighted by atomic mass is 10.2. The standard InChI is InChI=1S/C17H27NO4S/c1-13(2)18-16-9-7-15(8-10-16)12-22-17(19)6-5-11-23(20,21)14(3)4/h7-10,13-14,18H,5-6,11-12H2,1-4H3.